The molecule has 0 saturated heterocycles. The molecule has 0 amide bonds. The van der Waals surface area contributed by atoms with E-state index in [1.165, 1.54) is 9.99 Å². The fourth-order valence-corrected chi connectivity index (χ4v) is 2.81. The van der Waals surface area contributed by atoms with E-state index in [4.69, 9.17) is 0 Å². The summed E-state index contributed by atoms with van der Waals surface area (Å²) in [6.07, 6.45) is 1.18. The smallest absolute Gasteiger partial charge is 0.161 e. The van der Waals surface area contributed by atoms with Crippen LogP contribution in [-0.2, 0) is 0 Å². The third kappa shape index (κ3) is 3.38. The monoisotopic (exact) mass is 332 g/mol. The van der Waals surface area contributed by atoms with E-state index in [1.807, 2.05) is 0 Å². The quantitative estimate of drug-likeness (QED) is 0.795. The highest BCUT2D eigenvalue weighted by atomic mass is 127. The van der Waals surface area contributed by atoms with Gasteiger partial charge in [-0.2, -0.15) is 0 Å². The number of nitrogens with zero attached hydrogens (tertiary/aromatic N) is 1. The predicted molar refractivity (Wildman–Crippen MR) is 76.8 cm³/mol. The van der Waals surface area contributed by atoms with E-state index in [0.29, 0.717) is 6.04 Å². The summed E-state index contributed by atoms with van der Waals surface area (Å²) in [5.41, 5.74) is 1.12. The van der Waals surface area contributed by atoms with E-state index >= 15 is 0 Å². The van der Waals surface area contributed by atoms with Crippen LogP contribution in [0.4, 0.5) is 5.69 Å². The maximum Gasteiger partial charge on any atom is 0.161 e. The first-order valence-electron chi connectivity index (χ1n) is 4.97. The van der Waals surface area contributed by atoms with Crippen LogP contribution in [0.1, 0.15) is 13.3 Å². The van der Waals surface area contributed by atoms with E-state index in [9.17, 15) is 0 Å². The largest absolute Gasteiger partial charge is 0.335 e. The van der Waals surface area contributed by atoms with Gasteiger partial charge in [-0.15, -0.1) is 0 Å². The van der Waals surface area contributed by atoms with Crippen LogP contribution in [-0.4, -0.2) is 17.0 Å². The third-order valence-electron chi connectivity index (χ3n) is 2.21. The molecule has 0 fully saturated rings. The zero-order valence-electron chi connectivity index (χ0n) is 8.53. The Labute approximate surface area is 108 Å². The molecular formula is C11H13IN2S. The number of rotatable bonds is 1. The van der Waals surface area contributed by atoms with Crippen LogP contribution in [0.15, 0.2) is 29.3 Å². The molecule has 1 aliphatic heterocycles. The van der Waals surface area contributed by atoms with Gasteiger partial charge in [0.25, 0.3) is 0 Å². The van der Waals surface area contributed by atoms with Crippen LogP contribution in [0.2, 0.25) is 0 Å². The minimum atomic E-state index is 0.456. The van der Waals surface area contributed by atoms with Gasteiger partial charge in [0, 0.05) is 15.0 Å². The molecule has 0 bridgehead atoms. The van der Waals surface area contributed by atoms with Gasteiger partial charge in [-0.25, -0.2) is 0 Å². The van der Waals surface area contributed by atoms with Crippen molar-refractivity contribution in [1.29, 1.82) is 0 Å². The van der Waals surface area contributed by atoms with Gasteiger partial charge < -0.3 is 5.32 Å². The molecule has 0 spiro atoms. The van der Waals surface area contributed by atoms with Gasteiger partial charge in [-0.1, -0.05) is 11.8 Å². The normalized spacial score (nSPS) is 20.9. The number of benzene rings is 1. The van der Waals surface area contributed by atoms with Crippen molar-refractivity contribution in [3.63, 3.8) is 0 Å². The Bertz CT molecular complexity index is 361. The summed E-state index contributed by atoms with van der Waals surface area (Å²) in [5, 5.41) is 4.40. The molecule has 1 aromatic carbocycles. The van der Waals surface area contributed by atoms with E-state index < -0.39 is 0 Å². The maximum atomic E-state index is 4.57. The Balaban J connectivity index is 2.05. The van der Waals surface area contributed by atoms with Gasteiger partial charge in [0.1, 0.15) is 0 Å². The fourth-order valence-electron chi connectivity index (χ4n) is 1.35. The lowest BCUT2D eigenvalue weighted by atomic mass is 10.3. The van der Waals surface area contributed by atoms with E-state index in [1.54, 1.807) is 11.8 Å². The van der Waals surface area contributed by atoms with Crippen molar-refractivity contribution in [3.8, 4) is 0 Å². The molecule has 1 atom stereocenters. The number of hydrogen-bond acceptors (Lipinski definition) is 3. The molecule has 15 heavy (non-hydrogen) atoms. The Kier molecular flexibility index (Phi) is 3.91. The van der Waals surface area contributed by atoms with E-state index in [-0.39, 0.29) is 0 Å². The van der Waals surface area contributed by atoms with Crippen LogP contribution in [0.25, 0.3) is 0 Å². The lowest BCUT2D eigenvalue weighted by molar-refractivity contribution is 0.720. The van der Waals surface area contributed by atoms with Crippen molar-refractivity contribution >= 4 is 45.2 Å². The van der Waals surface area contributed by atoms with Crippen LogP contribution in [0.5, 0.6) is 0 Å². The third-order valence-corrected chi connectivity index (χ3v) is 3.85. The Hall–Kier alpha value is -0.230. The first-order chi connectivity index (χ1) is 7.24. The number of aliphatic imine (C=N–C) groups is 1. The molecule has 80 valence electrons. The van der Waals surface area contributed by atoms with Gasteiger partial charge >= 0.3 is 0 Å². The topological polar surface area (TPSA) is 24.4 Å². The minimum Gasteiger partial charge on any atom is -0.335 e. The van der Waals surface area contributed by atoms with Crippen LogP contribution in [0, 0.1) is 3.57 Å². The highest BCUT2D eigenvalue weighted by Gasteiger charge is 2.11. The van der Waals surface area contributed by atoms with Crippen molar-refractivity contribution < 1.29 is 0 Å². The first-order valence-corrected chi connectivity index (χ1v) is 7.03. The summed E-state index contributed by atoms with van der Waals surface area (Å²) in [6, 6.07) is 8.83. The highest BCUT2D eigenvalue weighted by Crippen LogP contribution is 2.19. The Morgan fingerprint density at radius 2 is 2.13 bits per heavy atom. The number of amidine groups is 1. The second kappa shape index (κ2) is 5.21. The molecule has 0 aliphatic carbocycles. The Morgan fingerprint density at radius 3 is 2.80 bits per heavy atom. The molecule has 2 nitrogen and oxygen atoms in total. The second-order valence-electron chi connectivity index (χ2n) is 3.55. The molecule has 4 heteroatoms. The van der Waals surface area contributed by atoms with Crippen LogP contribution in [0.3, 0.4) is 0 Å². The number of nitrogens with one attached hydrogen (secondary N) is 1. The summed E-state index contributed by atoms with van der Waals surface area (Å²) in [5.74, 6) is 1.16. The molecule has 0 saturated carbocycles. The van der Waals surface area contributed by atoms with Gasteiger partial charge in [0.15, 0.2) is 5.17 Å². The molecule has 1 aromatic rings. The van der Waals surface area contributed by atoms with Crippen molar-refractivity contribution in [3.05, 3.63) is 27.8 Å². The Morgan fingerprint density at radius 1 is 1.40 bits per heavy atom. The van der Waals surface area contributed by atoms with E-state index in [2.05, 4.69) is 64.1 Å². The minimum absolute atomic E-state index is 0.456. The number of halogens is 1. The lowest BCUT2D eigenvalue weighted by Gasteiger charge is -2.17. The zero-order chi connectivity index (χ0) is 10.7. The van der Waals surface area contributed by atoms with Crippen molar-refractivity contribution in [2.45, 2.75) is 19.4 Å². The van der Waals surface area contributed by atoms with E-state index in [0.717, 1.165) is 16.6 Å². The van der Waals surface area contributed by atoms with Crippen LogP contribution >= 0.6 is 34.4 Å². The molecule has 2 rings (SSSR count). The standard InChI is InChI=1S/C11H13IN2S/c1-8-6-7-15-11(13-8)14-10-4-2-9(12)3-5-10/h2-5,8H,6-7H2,1H3,(H,13,14). The molecular weight excluding hydrogens is 319 g/mol. The summed E-state index contributed by atoms with van der Waals surface area (Å²) in [7, 11) is 0. The van der Waals surface area contributed by atoms with Crippen molar-refractivity contribution in [2.24, 2.45) is 4.99 Å². The first kappa shape index (κ1) is 11.3. The molecule has 0 aromatic heterocycles. The molecule has 1 heterocycles. The summed E-state index contributed by atoms with van der Waals surface area (Å²) >= 11 is 4.11. The van der Waals surface area contributed by atoms with Gasteiger partial charge in [-0.3, -0.25) is 4.99 Å². The molecule has 1 unspecified atom stereocenters. The highest BCUT2D eigenvalue weighted by molar-refractivity contribution is 14.1. The average Bonchev–Trinajstić information content (AvgIpc) is 2.22. The number of hydrogen-bond donors (Lipinski definition) is 1. The summed E-state index contributed by atoms with van der Waals surface area (Å²) in [6.45, 7) is 2.16. The second-order valence-corrected chi connectivity index (χ2v) is 5.88. The number of anilines is 1. The van der Waals surface area contributed by atoms with Crippen molar-refractivity contribution in [2.75, 3.05) is 11.1 Å². The zero-order valence-corrected chi connectivity index (χ0v) is 11.5. The van der Waals surface area contributed by atoms with Crippen molar-refractivity contribution in [1.82, 2.24) is 0 Å². The van der Waals surface area contributed by atoms with Crippen LogP contribution < -0.4 is 5.32 Å². The SMILES string of the molecule is CC1CCSC(Nc2ccc(I)cc2)=N1. The molecule has 1 N–H and O–H groups in total. The molecule has 0 radical (unpaired) electrons. The summed E-state index contributed by atoms with van der Waals surface area (Å²) < 4.78 is 1.25. The molecule has 1 aliphatic rings. The fraction of sp³-hybridized carbons (Fsp3) is 0.364. The van der Waals surface area contributed by atoms with Gasteiger partial charge in [0.05, 0.1) is 6.04 Å². The summed E-state index contributed by atoms with van der Waals surface area (Å²) in [4.78, 5) is 4.57. The number of thioether (sulfide) groups is 1. The van der Waals surface area contributed by atoms with Gasteiger partial charge in [-0.05, 0) is 60.2 Å². The lowest BCUT2D eigenvalue weighted by Crippen LogP contribution is -2.17. The average molecular weight is 332 g/mol. The van der Waals surface area contributed by atoms with Gasteiger partial charge in [0.2, 0.25) is 0 Å². The predicted octanol–water partition coefficient (Wildman–Crippen LogP) is 3.58. The maximum absolute atomic E-state index is 4.57.